The second-order valence-electron chi connectivity index (χ2n) is 2.91. The summed E-state index contributed by atoms with van der Waals surface area (Å²) in [6.45, 7) is 0.0494. The monoisotopic (exact) mass is 201 g/mol. The molecule has 1 aliphatic heterocycles. The van der Waals surface area contributed by atoms with Crippen LogP contribution in [-0.4, -0.2) is 36.6 Å². The molecule has 1 saturated heterocycles. The first-order valence-corrected chi connectivity index (χ1v) is 3.99. The van der Waals surface area contributed by atoms with Gasteiger partial charge in [0.2, 0.25) is 5.91 Å². The minimum atomic E-state index is -0.799. The number of carbonyl (C=O) groups is 3. The molecule has 1 fully saturated rings. The molecule has 0 aromatic heterocycles. The van der Waals surface area contributed by atoms with E-state index in [1.165, 1.54) is 7.11 Å². The van der Waals surface area contributed by atoms with E-state index in [1.54, 1.807) is 0 Å². The first-order chi connectivity index (χ1) is 6.54. The zero-order chi connectivity index (χ0) is 10.7. The number of methoxy groups -OCH3 is 1. The van der Waals surface area contributed by atoms with Crippen molar-refractivity contribution in [3.05, 3.63) is 0 Å². The third kappa shape index (κ3) is 2.12. The van der Waals surface area contributed by atoms with Crippen molar-refractivity contribution >= 4 is 17.9 Å². The van der Waals surface area contributed by atoms with E-state index in [-0.39, 0.29) is 13.0 Å². The van der Waals surface area contributed by atoms with Crippen molar-refractivity contribution in [3.8, 4) is 0 Å². The summed E-state index contributed by atoms with van der Waals surface area (Å²) in [6, 6.07) is -0.799. The molecule has 1 heterocycles. The summed E-state index contributed by atoms with van der Waals surface area (Å²) in [5, 5.41) is 0.896. The second-order valence-corrected chi connectivity index (χ2v) is 2.91. The van der Waals surface area contributed by atoms with Gasteiger partial charge in [-0.25, -0.2) is 9.80 Å². The number of hydrogen-bond donors (Lipinski definition) is 2. The van der Waals surface area contributed by atoms with E-state index in [1.807, 2.05) is 0 Å². The number of rotatable bonds is 1. The normalized spacial score (nSPS) is 21.4. The maximum absolute atomic E-state index is 11.1. The molecule has 0 aromatic rings. The highest BCUT2D eigenvalue weighted by Crippen LogP contribution is 2.11. The Balaban J connectivity index is 2.67. The van der Waals surface area contributed by atoms with E-state index in [4.69, 9.17) is 5.73 Å². The molecule has 0 unspecified atom stereocenters. The van der Waals surface area contributed by atoms with Crippen molar-refractivity contribution < 1.29 is 19.1 Å². The van der Waals surface area contributed by atoms with E-state index in [2.05, 4.69) is 10.2 Å². The minimum absolute atomic E-state index is 0.0104. The molecule has 0 bridgehead atoms. The lowest BCUT2D eigenvalue weighted by atomic mass is 10.0. The minimum Gasteiger partial charge on any atom is -0.469 e. The summed E-state index contributed by atoms with van der Waals surface area (Å²) in [5.41, 5.74) is 7.19. The van der Waals surface area contributed by atoms with Gasteiger partial charge >= 0.3 is 12.0 Å². The van der Waals surface area contributed by atoms with E-state index < -0.39 is 23.8 Å². The summed E-state index contributed by atoms with van der Waals surface area (Å²) < 4.78 is 4.47. The van der Waals surface area contributed by atoms with E-state index in [9.17, 15) is 14.4 Å². The van der Waals surface area contributed by atoms with Gasteiger partial charge in [-0.15, -0.1) is 0 Å². The van der Waals surface area contributed by atoms with Crippen LogP contribution < -0.4 is 11.2 Å². The number of nitrogens with one attached hydrogen (secondary N) is 1. The number of nitrogens with two attached hydrogens (primary N) is 1. The fraction of sp³-hybridized carbons (Fsp3) is 0.571. The van der Waals surface area contributed by atoms with Gasteiger partial charge in [0.1, 0.15) is 0 Å². The molecule has 0 saturated carbocycles. The Morgan fingerprint density at radius 1 is 1.64 bits per heavy atom. The number of amides is 3. The lowest BCUT2D eigenvalue weighted by Gasteiger charge is -2.29. The molecule has 7 nitrogen and oxygen atoms in total. The zero-order valence-corrected chi connectivity index (χ0v) is 7.65. The van der Waals surface area contributed by atoms with Gasteiger partial charge in [0.25, 0.3) is 0 Å². The molecule has 0 aliphatic carbocycles. The summed E-state index contributed by atoms with van der Waals surface area (Å²) in [5.74, 6) is -1.59. The summed E-state index contributed by atoms with van der Waals surface area (Å²) in [4.78, 5) is 32.9. The number of hydrogen-bond acceptors (Lipinski definition) is 4. The van der Waals surface area contributed by atoms with Gasteiger partial charge in [-0.2, -0.15) is 0 Å². The largest absolute Gasteiger partial charge is 0.469 e. The highest BCUT2D eigenvalue weighted by atomic mass is 16.5. The Kier molecular flexibility index (Phi) is 2.90. The van der Waals surface area contributed by atoms with Crippen LogP contribution in [-0.2, 0) is 14.3 Å². The van der Waals surface area contributed by atoms with Crippen LogP contribution >= 0.6 is 0 Å². The summed E-state index contributed by atoms with van der Waals surface area (Å²) >= 11 is 0. The Morgan fingerprint density at radius 2 is 2.29 bits per heavy atom. The van der Waals surface area contributed by atoms with Gasteiger partial charge in [-0.05, 0) is 0 Å². The van der Waals surface area contributed by atoms with Crippen molar-refractivity contribution in [2.45, 2.75) is 6.42 Å². The standard InChI is InChI=1S/C7H11N3O4/c1-14-6(12)4-2-5(11)9-10(3-4)7(8)13/h4H,2-3H2,1H3,(H2,8,13)(H,9,11)/t4-/m0/s1. The first kappa shape index (κ1) is 10.3. The van der Waals surface area contributed by atoms with Crippen molar-refractivity contribution in [2.75, 3.05) is 13.7 Å². The molecule has 3 amide bonds. The maximum Gasteiger partial charge on any atom is 0.333 e. The average Bonchev–Trinajstić information content (AvgIpc) is 2.15. The summed E-state index contributed by atoms with van der Waals surface area (Å²) in [7, 11) is 1.23. The van der Waals surface area contributed by atoms with Crippen molar-refractivity contribution in [2.24, 2.45) is 11.7 Å². The molecular formula is C7H11N3O4. The van der Waals surface area contributed by atoms with Crippen LogP contribution in [0.3, 0.4) is 0 Å². The van der Waals surface area contributed by atoms with Gasteiger partial charge in [-0.1, -0.05) is 0 Å². The number of esters is 1. The number of urea groups is 1. The highest BCUT2D eigenvalue weighted by molar-refractivity contribution is 5.87. The topological polar surface area (TPSA) is 102 Å². The Hall–Kier alpha value is -1.79. The van der Waals surface area contributed by atoms with Gasteiger partial charge in [0.15, 0.2) is 0 Å². The van der Waals surface area contributed by atoms with E-state index in [0.717, 1.165) is 5.01 Å². The fourth-order valence-corrected chi connectivity index (χ4v) is 1.22. The lowest BCUT2D eigenvalue weighted by molar-refractivity contribution is -0.151. The van der Waals surface area contributed by atoms with Crippen molar-refractivity contribution in [3.63, 3.8) is 0 Å². The number of ether oxygens (including phenoxy) is 1. The quantitative estimate of drug-likeness (QED) is 0.509. The van der Waals surface area contributed by atoms with Gasteiger partial charge in [-0.3, -0.25) is 15.0 Å². The Labute approximate surface area is 80.1 Å². The number of hydrazine groups is 1. The molecule has 3 N–H and O–H groups in total. The molecule has 7 heteroatoms. The molecule has 0 spiro atoms. The van der Waals surface area contributed by atoms with Crippen LogP contribution in [0.5, 0.6) is 0 Å². The molecule has 1 aliphatic rings. The van der Waals surface area contributed by atoms with Crippen LogP contribution in [0.25, 0.3) is 0 Å². The Bertz CT molecular complexity index is 278. The molecule has 0 radical (unpaired) electrons. The fourth-order valence-electron chi connectivity index (χ4n) is 1.22. The third-order valence-corrected chi connectivity index (χ3v) is 1.89. The zero-order valence-electron chi connectivity index (χ0n) is 7.65. The van der Waals surface area contributed by atoms with Crippen molar-refractivity contribution in [1.82, 2.24) is 10.4 Å². The molecular weight excluding hydrogens is 190 g/mol. The smallest absolute Gasteiger partial charge is 0.333 e. The predicted octanol–water partition coefficient (Wildman–Crippen LogP) is -1.41. The van der Waals surface area contributed by atoms with Crippen LogP contribution in [0.1, 0.15) is 6.42 Å². The van der Waals surface area contributed by atoms with Crippen molar-refractivity contribution in [1.29, 1.82) is 0 Å². The number of carbonyl (C=O) groups excluding carboxylic acids is 3. The number of primary amides is 1. The average molecular weight is 201 g/mol. The van der Waals surface area contributed by atoms with E-state index in [0.29, 0.717) is 0 Å². The molecule has 0 aromatic carbocycles. The van der Waals surface area contributed by atoms with Gasteiger partial charge in [0, 0.05) is 6.42 Å². The number of nitrogens with zero attached hydrogens (tertiary/aromatic N) is 1. The van der Waals surface area contributed by atoms with Crippen LogP contribution in [0.2, 0.25) is 0 Å². The second kappa shape index (κ2) is 3.95. The molecule has 14 heavy (non-hydrogen) atoms. The summed E-state index contributed by atoms with van der Waals surface area (Å²) in [6.07, 6.45) is 0.0104. The van der Waals surface area contributed by atoms with Crippen LogP contribution in [0.4, 0.5) is 4.79 Å². The molecule has 78 valence electrons. The SMILES string of the molecule is COC(=O)[C@H]1CC(=O)NN(C(N)=O)C1. The maximum atomic E-state index is 11.1. The Morgan fingerprint density at radius 3 is 2.79 bits per heavy atom. The highest BCUT2D eigenvalue weighted by Gasteiger charge is 2.32. The van der Waals surface area contributed by atoms with Gasteiger partial charge in [0.05, 0.1) is 19.6 Å². The van der Waals surface area contributed by atoms with E-state index >= 15 is 0 Å². The first-order valence-electron chi connectivity index (χ1n) is 3.99. The molecule has 1 rings (SSSR count). The van der Waals surface area contributed by atoms with Crippen LogP contribution in [0.15, 0.2) is 0 Å². The predicted molar refractivity (Wildman–Crippen MR) is 44.6 cm³/mol. The van der Waals surface area contributed by atoms with Crippen LogP contribution in [0, 0.1) is 5.92 Å². The third-order valence-electron chi connectivity index (χ3n) is 1.89. The lowest BCUT2D eigenvalue weighted by Crippen LogP contribution is -2.56. The molecule has 1 atom stereocenters. The van der Waals surface area contributed by atoms with Gasteiger partial charge < -0.3 is 10.5 Å².